The number of carbonyl (C=O) groups is 5. The van der Waals surface area contributed by atoms with Crippen molar-refractivity contribution < 1.29 is 28.7 Å². The van der Waals surface area contributed by atoms with E-state index in [9.17, 15) is 24.0 Å². The van der Waals surface area contributed by atoms with Crippen LogP contribution in [0, 0.1) is 0 Å². The Morgan fingerprint density at radius 1 is 0.938 bits per heavy atom. The third kappa shape index (κ3) is 3.83. The highest BCUT2D eigenvalue weighted by Gasteiger charge is 2.38. The van der Waals surface area contributed by atoms with E-state index in [2.05, 4.69) is 5.32 Å². The molecule has 2 aromatic rings. The summed E-state index contributed by atoms with van der Waals surface area (Å²) in [6, 6.07) is 6.02. The number of rotatable bonds is 6. The highest BCUT2D eigenvalue weighted by Crippen LogP contribution is 2.39. The van der Waals surface area contributed by atoms with Crippen molar-refractivity contribution in [1.29, 1.82) is 0 Å². The quantitative estimate of drug-likeness (QED) is 0.407. The number of nitrogen functional groups attached to an aromatic ring is 2. The molecule has 0 fully saturated rings. The summed E-state index contributed by atoms with van der Waals surface area (Å²) in [5, 5.41) is 2.09. The van der Waals surface area contributed by atoms with Gasteiger partial charge in [0.15, 0.2) is 11.6 Å². The van der Waals surface area contributed by atoms with Gasteiger partial charge in [-0.2, -0.15) is 0 Å². The maximum Gasteiger partial charge on any atom is 0.260 e. The molecule has 3 rings (SSSR count). The van der Waals surface area contributed by atoms with E-state index in [1.807, 2.05) is 0 Å². The number of ketones is 2. The van der Waals surface area contributed by atoms with Crippen LogP contribution in [0.3, 0.4) is 0 Å². The summed E-state index contributed by atoms with van der Waals surface area (Å²) in [6.45, 7) is 3.63. The Morgan fingerprint density at radius 2 is 1.44 bits per heavy atom. The first-order valence-electron chi connectivity index (χ1n) is 9.75. The number of nitrogens with two attached hydrogens (primary N) is 3. The molecule has 0 atom stereocenters. The fourth-order valence-corrected chi connectivity index (χ4v) is 3.54. The van der Waals surface area contributed by atoms with E-state index in [4.69, 9.17) is 21.9 Å². The summed E-state index contributed by atoms with van der Waals surface area (Å²) < 4.78 is 5.27. The lowest BCUT2D eigenvalue weighted by molar-refractivity contribution is -0.121. The topological polar surface area (TPSA) is 185 Å². The van der Waals surface area contributed by atoms with Crippen molar-refractivity contribution in [2.75, 3.05) is 18.1 Å². The molecule has 10 heteroatoms. The predicted molar refractivity (Wildman–Crippen MR) is 115 cm³/mol. The summed E-state index contributed by atoms with van der Waals surface area (Å²) in [6.07, 6.45) is -0.247. The van der Waals surface area contributed by atoms with Gasteiger partial charge in [0, 0.05) is 11.1 Å². The minimum absolute atomic E-state index is 0.0606. The third-order valence-electron chi connectivity index (χ3n) is 4.95. The van der Waals surface area contributed by atoms with Crippen molar-refractivity contribution in [1.82, 2.24) is 5.32 Å². The lowest BCUT2D eigenvalue weighted by atomic mass is 9.79. The number of amides is 3. The third-order valence-corrected chi connectivity index (χ3v) is 4.95. The number of benzene rings is 2. The van der Waals surface area contributed by atoms with Crippen LogP contribution in [0.15, 0.2) is 24.3 Å². The van der Waals surface area contributed by atoms with E-state index in [-0.39, 0.29) is 41.4 Å². The van der Waals surface area contributed by atoms with Crippen molar-refractivity contribution in [3.63, 3.8) is 0 Å². The Labute approximate surface area is 183 Å². The molecule has 2 aromatic carbocycles. The minimum Gasteiger partial charge on any atom is -0.397 e. The molecule has 0 spiro atoms. The molecular weight excluding hydrogens is 416 g/mol. The van der Waals surface area contributed by atoms with Crippen molar-refractivity contribution in [3.8, 4) is 0 Å². The van der Waals surface area contributed by atoms with Gasteiger partial charge >= 0.3 is 0 Å². The van der Waals surface area contributed by atoms with Crippen molar-refractivity contribution in [2.45, 2.75) is 26.4 Å². The number of carbonyl (C=O) groups excluding carboxylic acids is 5. The lowest BCUT2D eigenvalue weighted by Crippen LogP contribution is -2.36. The summed E-state index contributed by atoms with van der Waals surface area (Å²) >= 11 is 0. The van der Waals surface area contributed by atoms with E-state index >= 15 is 0 Å². The van der Waals surface area contributed by atoms with Crippen LogP contribution in [-0.4, -0.2) is 42.0 Å². The number of ether oxygens (including phenoxy) is 1. The number of hydrogen-bond donors (Lipinski definition) is 4. The molecule has 0 heterocycles. The van der Waals surface area contributed by atoms with Crippen LogP contribution in [0.2, 0.25) is 0 Å². The number of primary amides is 1. The zero-order valence-corrected chi connectivity index (χ0v) is 17.5. The Bertz CT molecular complexity index is 1190. The second-order valence-corrected chi connectivity index (χ2v) is 7.44. The van der Waals surface area contributed by atoms with Gasteiger partial charge in [0.25, 0.3) is 11.8 Å². The molecule has 0 aromatic heterocycles. The van der Waals surface area contributed by atoms with Crippen molar-refractivity contribution in [2.24, 2.45) is 5.73 Å². The molecule has 0 unspecified atom stereocenters. The first kappa shape index (κ1) is 22.6. The Morgan fingerprint density at radius 3 is 1.91 bits per heavy atom. The Balaban J connectivity index is 2.11. The van der Waals surface area contributed by atoms with Gasteiger partial charge in [-0.05, 0) is 13.8 Å². The first-order chi connectivity index (χ1) is 15.1. The van der Waals surface area contributed by atoms with Gasteiger partial charge in [-0.3, -0.25) is 29.3 Å². The first-order valence-corrected chi connectivity index (χ1v) is 9.75. The van der Waals surface area contributed by atoms with E-state index in [1.54, 1.807) is 26.0 Å². The number of fused-ring (bicyclic) bond motifs is 2. The maximum absolute atomic E-state index is 13.1. The average Bonchev–Trinajstić information content (AvgIpc) is 2.72. The molecule has 0 saturated heterocycles. The fourth-order valence-electron chi connectivity index (χ4n) is 3.54. The lowest BCUT2D eigenvalue weighted by Gasteiger charge is -2.24. The fraction of sp³-hybridized carbons (Fsp3) is 0.227. The van der Waals surface area contributed by atoms with Crippen LogP contribution < -0.4 is 22.5 Å². The largest absolute Gasteiger partial charge is 0.397 e. The molecule has 1 aliphatic carbocycles. The minimum atomic E-state index is -1.14. The summed E-state index contributed by atoms with van der Waals surface area (Å²) in [7, 11) is 0. The van der Waals surface area contributed by atoms with E-state index in [0.717, 1.165) is 0 Å². The second kappa shape index (κ2) is 8.60. The van der Waals surface area contributed by atoms with Crippen molar-refractivity contribution >= 4 is 40.7 Å². The predicted octanol–water partition coefficient (Wildman–Crippen LogP) is 0.797. The molecule has 10 nitrogen and oxygen atoms in total. The van der Waals surface area contributed by atoms with Crippen molar-refractivity contribution in [3.05, 3.63) is 57.6 Å². The van der Waals surface area contributed by atoms with Crippen LogP contribution in [-0.2, 0) is 9.53 Å². The summed E-state index contributed by atoms with van der Waals surface area (Å²) in [5.41, 5.74) is 15.2. The summed E-state index contributed by atoms with van der Waals surface area (Å²) in [4.78, 5) is 63.3. The van der Waals surface area contributed by atoms with Crippen LogP contribution in [0.4, 0.5) is 11.4 Å². The van der Waals surface area contributed by atoms with Gasteiger partial charge in [-0.25, -0.2) is 0 Å². The standard InChI is InChI=1S/C22H22N4O6/c1-9(2)32-8-7-12(27)26-22(31)16-15(21(25)30)17(23)13-14(18(16)24)20(29)11-6-4-3-5-10(11)19(13)28/h3-6,9H,7-8,23-24H2,1-2H3,(H2,25,30)(H,26,27,31). The highest BCUT2D eigenvalue weighted by atomic mass is 16.5. The van der Waals surface area contributed by atoms with Gasteiger partial charge in [0.05, 0.1) is 52.8 Å². The SMILES string of the molecule is CC(C)OCCC(=O)NC(=O)c1c(N)c2c(c(N)c1C(N)=O)C(=O)c1ccccc1C2=O. The highest BCUT2D eigenvalue weighted by molar-refractivity contribution is 6.34. The molecule has 0 radical (unpaired) electrons. The van der Waals surface area contributed by atoms with Crippen LogP contribution in [0.25, 0.3) is 0 Å². The van der Waals surface area contributed by atoms with E-state index < -0.39 is 51.8 Å². The normalized spacial score (nSPS) is 12.3. The van der Waals surface area contributed by atoms with Crippen LogP contribution in [0.5, 0.6) is 0 Å². The molecule has 32 heavy (non-hydrogen) atoms. The number of hydrogen-bond acceptors (Lipinski definition) is 8. The van der Waals surface area contributed by atoms with E-state index in [0.29, 0.717) is 0 Å². The number of anilines is 2. The average molecular weight is 438 g/mol. The number of imide groups is 1. The Hall–Kier alpha value is -4.05. The smallest absolute Gasteiger partial charge is 0.260 e. The van der Waals surface area contributed by atoms with Gasteiger partial charge in [-0.15, -0.1) is 0 Å². The zero-order chi connectivity index (χ0) is 23.7. The van der Waals surface area contributed by atoms with Gasteiger partial charge < -0.3 is 21.9 Å². The maximum atomic E-state index is 13.1. The molecule has 0 saturated carbocycles. The van der Waals surface area contributed by atoms with E-state index in [1.165, 1.54) is 12.1 Å². The Kier molecular flexibility index (Phi) is 6.08. The molecule has 7 N–H and O–H groups in total. The molecule has 1 aliphatic rings. The van der Waals surface area contributed by atoms with Crippen LogP contribution in [0.1, 0.15) is 72.8 Å². The monoisotopic (exact) mass is 438 g/mol. The molecular formula is C22H22N4O6. The number of nitrogens with one attached hydrogen (secondary N) is 1. The van der Waals surface area contributed by atoms with Gasteiger partial charge in [-0.1, -0.05) is 24.3 Å². The van der Waals surface area contributed by atoms with Gasteiger partial charge in [0.1, 0.15) is 0 Å². The zero-order valence-electron chi connectivity index (χ0n) is 17.5. The molecule has 0 bridgehead atoms. The molecule has 166 valence electrons. The van der Waals surface area contributed by atoms with Gasteiger partial charge in [0.2, 0.25) is 5.91 Å². The van der Waals surface area contributed by atoms with Crippen LogP contribution >= 0.6 is 0 Å². The molecule has 3 amide bonds. The molecule has 0 aliphatic heterocycles. The summed E-state index contributed by atoms with van der Waals surface area (Å²) in [5.74, 6) is -4.18. The second-order valence-electron chi connectivity index (χ2n) is 7.44.